The lowest BCUT2D eigenvalue weighted by atomic mass is 10.0. The first-order chi connectivity index (χ1) is 5.33. The number of ketones is 1. The van der Waals surface area contributed by atoms with E-state index in [4.69, 9.17) is 10.00 Å². The van der Waals surface area contributed by atoms with Crippen LogP contribution in [0, 0.1) is 17.2 Å². The van der Waals surface area contributed by atoms with E-state index in [-0.39, 0.29) is 12.2 Å². The highest BCUT2D eigenvalue weighted by atomic mass is 16.5. The molecule has 1 rings (SSSR count). The molecule has 11 heavy (non-hydrogen) atoms. The molecule has 1 saturated heterocycles. The lowest BCUT2D eigenvalue weighted by molar-refractivity contribution is -0.119. The summed E-state index contributed by atoms with van der Waals surface area (Å²) in [5.41, 5.74) is 0. The van der Waals surface area contributed by atoms with Crippen LogP contribution in [0.1, 0.15) is 19.3 Å². The number of Topliss-reactive ketones (excluding diaryl/α,β-unsaturated/α-hetero) is 1. The van der Waals surface area contributed by atoms with Crippen LogP contribution in [0.5, 0.6) is 0 Å². The topological polar surface area (TPSA) is 50.1 Å². The maximum atomic E-state index is 10.9. The molecule has 1 unspecified atom stereocenters. The number of rotatable bonds is 3. The van der Waals surface area contributed by atoms with Gasteiger partial charge in [-0.25, -0.2) is 0 Å². The van der Waals surface area contributed by atoms with E-state index in [1.807, 2.05) is 6.07 Å². The number of nitrogens with zero attached hydrogens (tertiary/aromatic N) is 1. The second-order valence-electron chi connectivity index (χ2n) is 2.81. The number of carbonyl (C=O) groups is 1. The second kappa shape index (κ2) is 4.09. The van der Waals surface area contributed by atoms with Crippen molar-refractivity contribution >= 4 is 5.78 Å². The SMILES string of the molecule is N#CCC(=O)CC1CCOC1. The van der Waals surface area contributed by atoms with Crippen LogP contribution < -0.4 is 0 Å². The van der Waals surface area contributed by atoms with Crippen molar-refractivity contribution in [1.29, 1.82) is 5.26 Å². The van der Waals surface area contributed by atoms with Gasteiger partial charge in [0, 0.05) is 19.6 Å². The van der Waals surface area contributed by atoms with Gasteiger partial charge in [-0.3, -0.25) is 4.79 Å². The van der Waals surface area contributed by atoms with Crippen LogP contribution in [0.25, 0.3) is 0 Å². The van der Waals surface area contributed by atoms with Gasteiger partial charge in [0.15, 0.2) is 0 Å². The summed E-state index contributed by atoms with van der Waals surface area (Å²) in [7, 11) is 0. The van der Waals surface area contributed by atoms with Gasteiger partial charge < -0.3 is 4.74 Å². The fourth-order valence-corrected chi connectivity index (χ4v) is 1.23. The number of carbonyl (C=O) groups excluding carboxylic acids is 1. The Morgan fingerprint density at radius 1 is 1.73 bits per heavy atom. The highest BCUT2D eigenvalue weighted by molar-refractivity contribution is 5.80. The monoisotopic (exact) mass is 153 g/mol. The molecule has 0 aromatic heterocycles. The van der Waals surface area contributed by atoms with Crippen LogP contribution in [0.3, 0.4) is 0 Å². The van der Waals surface area contributed by atoms with Crippen molar-refractivity contribution in [1.82, 2.24) is 0 Å². The summed E-state index contributed by atoms with van der Waals surface area (Å²) in [6.07, 6.45) is 1.54. The standard InChI is InChI=1S/C8H11NO2/c9-3-1-8(10)5-7-2-4-11-6-7/h7H,1-2,4-6H2. The minimum atomic E-state index is 0.0444. The Balaban J connectivity index is 2.19. The summed E-state index contributed by atoms with van der Waals surface area (Å²) in [6, 6.07) is 1.85. The number of nitriles is 1. The summed E-state index contributed by atoms with van der Waals surface area (Å²) in [5.74, 6) is 0.416. The van der Waals surface area contributed by atoms with Crippen LogP contribution in [0.2, 0.25) is 0 Å². The molecule has 1 fully saturated rings. The van der Waals surface area contributed by atoms with E-state index in [1.165, 1.54) is 0 Å². The molecule has 3 nitrogen and oxygen atoms in total. The molecule has 0 radical (unpaired) electrons. The third-order valence-electron chi connectivity index (χ3n) is 1.82. The molecule has 1 atom stereocenters. The third kappa shape index (κ3) is 2.69. The van der Waals surface area contributed by atoms with Crippen LogP contribution >= 0.6 is 0 Å². The number of ether oxygens (including phenoxy) is 1. The predicted molar refractivity (Wildman–Crippen MR) is 38.8 cm³/mol. The van der Waals surface area contributed by atoms with Gasteiger partial charge in [-0.1, -0.05) is 0 Å². The number of hydrogen-bond donors (Lipinski definition) is 0. The van der Waals surface area contributed by atoms with Crippen molar-refractivity contribution in [2.75, 3.05) is 13.2 Å². The molecule has 1 aliphatic rings. The Morgan fingerprint density at radius 3 is 3.09 bits per heavy atom. The lowest BCUT2D eigenvalue weighted by Crippen LogP contribution is -2.07. The van der Waals surface area contributed by atoms with Crippen molar-refractivity contribution in [2.24, 2.45) is 5.92 Å². The highest BCUT2D eigenvalue weighted by Crippen LogP contribution is 2.16. The fourth-order valence-electron chi connectivity index (χ4n) is 1.23. The molecule has 0 amide bonds. The first kappa shape index (κ1) is 8.22. The zero-order valence-electron chi connectivity index (χ0n) is 6.38. The molecule has 0 N–H and O–H groups in total. The summed E-state index contributed by atoms with van der Waals surface area (Å²) in [6.45, 7) is 1.46. The molecule has 0 spiro atoms. The van der Waals surface area contributed by atoms with Crippen molar-refractivity contribution in [3.63, 3.8) is 0 Å². The average Bonchev–Trinajstić information content (AvgIpc) is 2.40. The molecule has 0 bridgehead atoms. The van der Waals surface area contributed by atoms with E-state index in [9.17, 15) is 4.79 Å². The zero-order valence-corrected chi connectivity index (χ0v) is 6.38. The molecule has 3 heteroatoms. The van der Waals surface area contributed by atoms with E-state index in [2.05, 4.69) is 0 Å². The molecule has 1 heterocycles. The normalized spacial score (nSPS) is 23.0. The first-order valence-corrected chi connectivity index (χ1v) is 3.79. The van der Waals surface area contributed by atoms with Gasteiger partial charge in [0.25, 0.3) is 0 Å². The van der Waals surface area contributed by atoms with Gasteiger partial charge in [0.2, 0.25) is 0 Å². The first-order valence-electron chi connectivity index (χ1n) is 3.79. The van der Waals surface area contributed by atoms with Crippen molar-refractivity contribution in [3.8, 4) is 6.07 Å². The van der Waals surface area contributed by atoms with Crippen molar-refractivity contribution in [2.45, 2.75) is 19.3 Å². The molecule has 1 aliphatic heterocycles. The van der Waals surface area contributed by atoms with Crippen LogP contribution in [0.15, 0.2) is 0 Å². The molecule has 0 saturated carbocycles. The minimum absolute atomic E-state index is 0.0444. The van der Waals surface area contributed by atoms with Crippen LogP contribution in [-0.4, -0.2) is 19.0 Å². The smallest absolute Gasteiger partial charge is 0.147 e. The summed E-state index contributed by atoms with van der Waals surface area (Å²) >= 11 is 0. The van der Waals surface area contributed by atoms with E-state index in [0.717, 1.165) is 13.0 Å². The van der Waals surface area contributed by atoms with Gasteiger partial charge in [0.1, 0.15) is 5.78 Å². The highest BCUT2D eigenvalue weighted by Gasteiger charge is 2.18. The van der Waals surface area contributed by atoms with Crippen molar-refractivity contribution < 1.29 is 9.53 Å². The van der Waals surface area contributed by atoms with E-state index < -0.39 is 0 Å². The quantitative estimate of drug-likeness (QED) is 0.605. The van der Waals surface area contributed by atoms with Gasteiger partial charge in [-0.15, -0.1) is 0 Å². The second-order valence-corrected chi connectivity index (χ2v) is 2.81. The van der Waals surface area contributed by atoms with Gasteiger partial charge in [0.05, 0.1) is 12.5 Å². The average molecular weight is 153 g/mol. The predicted octanol–water partition coefficient (Wildman–Crippen LogP) is 0.896. The van der Waals surface area contributed by atoms with Crippen LogP contribution in [0.4, 0.5) is 0 Å². The van der Waals surface area contributed by atoms with Crippen LogP contribution in [-0.2, 0) is 9.53 Å². The lowest BCUT2D eigenvalue weighted by Gasteiger charge is -2.02. The molecular formula is C8H11NO2. The van der Waals surface area contributed by atoms with E-state index in [0.29, 0.717) is 18.9 Å². The van der Waals surface area contributed by atoms with Crippen molar-refractivity contribution in [3.05, 3.63) is 0 Å². The summed E-state index contributed by atoms with van der Waals surface area (Å²) in [5, 5.41) is 8.21. The van der Waals surface area contributed by atoms with Gasteiger partial charge >= 0.3 is 0 Å². The molecule has 0 aromatic carbocycles. The maximum Gasteiger partial charge on any atom is 0.147 e. The minimum Gasteiger partial charge on any atom is -0.381 e. The Morgan fingerprint density at radius 2 is 2.55 bits per heavy atom. The Labute approximate surface area is 66.0 Å². The summed E-state index contributed by atoms with van der Waals surface area (Å²) < 4.78 is 5.10. The summed E-state index contributed by atoms with van der Waals surface area (Å²) in [4.78, 5) is 10.9. The molecular weight excluding hydrogens is 142 g/mol. The van der Waals surface area contributed by atoms with Gasteiger partial charge in [-0.2, -0.15) is 5.26 Å². The Hall–Kier alpha value is -0.880. The molecule has 0 aromatic rings. The van der Waals surface area contributed by atoms with Gasteiger partial charge in [-0.05, 0) is 12.3 Å². The molecule has 60 valence electrons. The zero-order chi connectivity index (χ0) is 8.10. The van der Waals surface area contributed by atoms with E-state index >= 15 is 0 Å². The molecule has 0 aliphatic carbocycles. The number of hydrogen-bond acceptors (Lipinski definition) is 3. The largest absolute Gasteiger partial charge is 0.381 e. The third-order valence-corrected chi connectivity index (χ3v) is 1.82. The maximum absolute atomic E-state index is 10.9. The fraction of sp³-hybridized carbons (Fsp3) is 0.750. The Bertz CT molecular complexity index is 177. The van der Waals surface area contributed by atoms with E-state index in [1.54, 1.807) is 0 Å². The Kier molecular flexibility index (Phi) is 3.06.